The number of hydrogen-bond donors (Lipinski definition) is 1. The molecule has 0 saturated carbocycles. The molecule has 0 fully saturated rings. The molecule has 7 nitrogen and oxygen atoms in total. The number of carbonyl (C=O) groups excluding carboxylic acids is 1. The van der Waals surface area contributed by atoms with Crippen LogP contribution in [0.5, 0.6) is 11.5 Å². The number of carbonyl (C=O) groups is 1. The molecule has 1 N–H and O–H groups in total. The number of aromatic nitrogens is 2. The van der Waals surface area contributed by atoms with Crippen molar-refractivity contribution in [2.24, 2.45) is 0 Å². The zero-order valence-electron chi connectivity index (χ0n) is 17.5. The smallest absolute Gasteiger partial charge is 0.272 e. The highest BCUT2D eigenvalue weighted by atomic mass is 32.2. The van der Waals surface area contributed by atoms with E-state index in [4.69, 9.17) is 9.47 Å². The van der Waals surface area contributed by atoms with E-state index in [1.54, 1.807) is 48.3 Å². The van der Waals surface area contributed by atoms with Gasteiger partial charge < -0.3 is 14.8 Å². The Balaban J connectivity index is 1.51. The van der Waals surface area contributed by atoms with Gasteiger partial charge in [-0.2, -0.15) is 0 Å². The Hall–Kier alpha value is -2.82. The monoisotopic (exact) mass is 487 g/mol. The van der Waals surface area contributed by atoms with E-state index < -0.39 is 0 Å². The number of ether oxygens (including phenoxy) is 2. The lowest BCUT2D eigenvalue weighted by Gasteiger charge is -2.12. The molecule has 3 heterocycles. The zero-order valence-corrected chi connectivity index (χ0v) is 19.9. The molecule has 0 unspecified atom stereocenters. The normalized spacial score (nSPS) is 10.9. The van der Waals surface area contributed by atoms with Gasteiger partial charge in [-0.1, -0.05) is 17.8 Å². The lowest BCUT2D eigenvalue weighted by atomic mass is 10.2. The van der Waals surface area contributed by atoms with Crippen molar-refractivity contribution in [2.75, 3.05) is 25.3 Å². The Labute approximate surface area is 197 Å². The molecule has 0 aliphatic heterocycles. The average Bonchev–Trinajstić information content (AvgIpc) is 3.49. The first kappa shape index (κ1) is 22.4. The molecular weight excluding hydrogens is 466 g/mol. The standard InChI is InChI=1S/C22H21N3O4S3/c1-28-15-10-14(11-16(12-15)29-2)23-19(26)13-32-22-24-18-6-9-31-20(18)21(27)25(22)7-5-17-4-3-8-30-17/h3-4,6,8-12H,5,7,13H2,1-2H3,(H,23,26). The third kappa shape index (κ3) is 5.14. The molecule has 0 aliphatic carbocycles. The predicted molar refractivity (Wildman–Crippen MR) is 131 cm³/mol. The molecule has 0 aliphatic rings. The van der Waals surface area contributed by atoms with Gasteiger partial charge in [-0.25, -0.2) is 4.98 Å². The van der Waals surface area contributed by atoms with Crippen molar-refractivity contribution in [3.63, 3.8) is 0 Å². The van der Waals surface area contributed by atoms with Crippen molar-refractivity contribution in [2.45, 2.75) is 18.1 Å². The Kier molecular flexibility index (Phi) is 7.13. The summed E-state index contributed by atoms with van der Waals surface area (Å²) in [7, 11) is 3.11. The molecule has 10 heteroatoms. The fourth-order valence-electron chi connectivity index (χ4n) is 3.11. The van der Waals surface area contributed by atoms with Crippen LogP contribution in [0.25, 0.3) is 10.2 Å². The largest absolute Gasteiger partial charge is 0.497 e. The van der Waals surface area contributed by atoms with Gasteiger partial charge >= 0.3 is 0 Å². The topological polar surface area (TPSA) is 82.5 Å². The molecular formula is C22H21N3O4S3. The van der Waals surface area contributed by atoms with Crippen LogP contribution in [0, 0.1) is 0 Å². The van der Waals surface area contributed by atoms with Gasteiger partial charge in [0.2, 0.25) is 5.91 Å². The van der Waals surface area contributed by atoms with E-state index in [-0.39, 0.29) is 17.2 Å². The number of anilines is 1. The van der Waals surface area contributed by atoms with Crippen molar-refractivity contribution >= 4 is 56.2 Å². The zero-order chi connectivity index (χ0) is 22.5. The molecule has 0 saturated heterocycles. The van der Waals surface area contributed by atoms with Crippen LogP contribution in [0.15, 0.2) is 57.1 Å². The maximum absolute atomic E-state index is 13.0. The first-order valence-electron chi connectivity index (χ1n) is 9.73. The Morgan fingerprint density at radius 3 is 2.59 bits per heavy atom. The van der Waals surface area contributed by atoms with Crippen molar-refractivity contribution in [1.82, 2.24) is 9.55 Å². The van der Waals surface area contributed by atoms with Crippen molar-refractivity contribution in [3.05, 3.63) is 62.4 Å². The quantitative estimate of drug-likeness (QED) is 0.276. The highest BCUT2D eigenvalue weighted by molar-refractivity contribution is 7.99. The summed E-state index contributed by atoms with van der Waals surface area (Å²) in [5.74, 6) is 1.06. The maximum atomic E-state index is 13.0. The van der Waals surface area contributed by atoms with Crippen LogP contribution >= 0.6 is 34.4 Å². The molecule has 0 atom stereocenters. The highest BCUT2D eigenvalue weighted by Crippen LogP contribution is 2.26. The number of thioether (sulfide) groups is 1. The van der Waals surface area contributed by atoms with Gasteiger partial charge in [0.05, 0.1) is 25.5 Å². The number of nitrogens with one attached hydrogen (secondary N) is 1. The first-order chi connectivity index (χ1) is 15.6. The summed E-state index contributed by atoms with van der Waals surface area (Å²) in [5, 5.41) is 7.27. The van der Waals surface area contributed by atoms with Crippen molar-refractivity contribution in [3.8, 4) is 11.5 Å². The van der Waals surface area contributed by atoms with Crippen molar-refractivity contribution in [1.29, 1.82) is 0 Å². The average molecular weight is 488 g/mol. The highest BCUT2D eigenvalue weighted by Gasteiger charge is 2.15. The number of rotatable bonds is 9. The third-order valence-corrected chi connectivity index (χ3v) is 7.46. The predicted octanol–water partition coefficient (Wildman–Crippen LogP) is 4.51. The van der Waals surface area contributed by atoms with Gasteiger partial charge in [0.25, 0.3) is 5.56 Å². The van der Waals surface area contributed by atoms with E-state index in [9.17, 15) is 9.59 Å². The van der Waals surface area contributed by atoms with E-state index in [1.165, 1.54) is 28.0 Å². The van der Waals surface area contributed by atoms with Gasteiger partial charge in [-0.15, -0.1) is 22.7 Å². The van der Waals surface area contributed by atoms with Gasteiger partial charge in [0.1, 0.15) is 16.2 Å². The maximum Gasteiger partial charge on any atom is 0.272 e. The SMILES string of the molecule is COc1cc(NC(=O)CSc2nc3ccsc3c(=O)n2CCc2cccs2)cc(OC)c1. The van der Waals surface area contributed by atoms with Crippen LogP contribution in [-0.2, 0) is 17.8 Å². The Morgan fingerprint density at radius 2 is 1.91 bits per heavy atom. The summed E-state index contributed by atoms with van der Waals surface area (Å²) >= 11 is 4.30. The van der Waals surface area contributed by atoms with Crippen molar-refractivity contribution < 1.29 is 14.3 Å². The number of benzene rings is 1. The molecule has 4 rings (SSSR count). The van der Waals surface area contributed by atoms with E-state index >= 15 is 0 Å². The van der Waals surface area contributed by atoms with E-state index in [0.29, 0.717) is 39.1 Å². The number of nitrogens with zero attached hydrogens (tertiary/aromatic N) is 2. The van der Waals surface area contributed by atoms with Crippen LogP contribution in [0.2, 0.25) is 0 Å². The van der Waals surface area contributed by atoms with Gasteiger partial charge in [0.15, 0.2) is 5.16 Å². The summed E-state index contributed by atoms with van der Waals surface area (Å²) in [6, 6.07) is 11.1. The van der Waals surface area contributed by atoms with E-state index in [1.807, 2.05) is 22.9 Å². The van der Waals surface area contributed by atoms with Crippen LogP contribution in [0.1, 0.15) is 4.88 Å². The minimum atomic E-state index is -0.213. The molecule has 0 bridgehead atoms. The second-order valence-electron chi connectivity index (χ2n) is 6.75. The number of fused-ring (bicyclic) bond motifs is 1. The lowest BCUT2D eigenvalue weighted by molar-refractivity contribution is -0.113. The van der Waals surface area contributed by atoms with Crippen LogP contribution < -0.4 is 20.3 Å². The first-order valence-corrected chi connectivity index (χ1v) is 12.5. The van der Waals surface area contributed by atoms with Gasteiger partial charge in [-0.05, 0) is 29.3 Å². The number of thiophene rings is 2. The summed E-state index contributed by atoms with van der Waals surface area (Å²) in [6.45, 7) is 0.511. The molecule has 0 radical (unpaired) electrons. The lowest BCUT2D eigenvalue weighted by Crippen LogP contribution is -2.24. The molecule has 4 aromatic rings. The Bertz CT molecular complexity index is 1260. The second-order valence-corrected chi connectivity index (χ2v) is 9.64. The number of hydrogen-bond acceptors (Lipinski definition) is 8. The summed E-state index contributed by atoms with van der Waals surface area (Å²) in [6.07, 6.45) is 0.736. The van der Waals surface area contributed by atoms with E-state index in [0.717, 1.165) is 6.42 Å². The molecule has 3 aromatic heterocycles. The second kappa shape index (κ2) is 10.2. The molecule has 1 amide bonds. The molecule has 1 aromatic carbocycles. The van der Waals surface area contributed by atoms with Crippen LogP contribution in [0.4, 0.5) is 5.69 Å². The van der Waals surface area contributed by atoms with Crippen LogP contribution in [0.3, 0.4) is 0 Å². The summed E-state index contributed by atoms with van der Waals surface area (Å²) in [5.41, 5.74) is 1.16. The summed E-state index contributed by atoms with van der Waals surface area (Å²) < 4.78 is 12.8. The van der Waals surface area contributed by atoms with E-state index in [2.05, 4.69) is 16.4 Å². The number of amides is 1. The third-order valence-electron chi connectivity index (χ3n) is 4.66. The minimum Gasteiger partial charge on any atom is -0.497 e. The Morgan fingerprint density at radius 1 is 1.12 bits per heavy atom. The minimum absolute atomic E-state index is 0.0676. The number of aryl methyl sites for hydroxylation is 1. The summed E-state index contributed by atoms with van der Waals surface area (Å²) in [4.78, 5) is 31.5. The van der Waals surface area contributed by atoms with Gasteiger partial charge in [-0.3, -0.25) is 14.2 Å². The molecule has 166 valence electrons. The number of methoxy groups -OCH3 is 2. The fraction of sp³-hybridized carbons (Fsp3) is 0.227. The molecule has 0 spiro atoms. The van der Waals surface area contributed by atoms with Gasteiger partial charge in [0, 0.05) is 35.3 Å². The fourth-order valence-corrected chi connectivity index (χ4v) is 5.42. The van der Waals surface area contributed by atoms with Crippen LogP contribution in [-0.4, -0.2) is 35.4 Å². The molecule has 32 heavy (non-hydrogen) atoms.